The number of carbonyl (C=O) groups excluding carboxylic acids is 2. The minimum absolute atomic E-state index is 0.184. The predicted octanol–water partition coefficient (Wildman–Crippen LogP) is 2.40. The lowest BCUT2D eigenvalue weighted by molar-refractivity contribution is -0.385. The molecule has 0 bridgehead atoms. The lowest BCUT2D eigenvalue weighted by Crippen LogP contribution is -2.31. The largest absolute Gasteiger partial charge is 0.486 e. The van der Waals surface area contributed by atoms with Crippen molar-refractivity contribution in [2.24, 2.45) is 0 Å². The van der Waals surface area contributed by atoms with Crippen LogP contribution in [0, 0.1) is 10.1 Å². The summed E-state index contributed by atoms with van der Waals surface area (Å²) in [5.74, 6) is -1.12. The van der Waals surface area contributed by atoms with Crippen molar-refractivity contribution in [3.05, 3.63) is 63.7 Å². The standard InChI is InChI=1S/C19H18N2O7/c1-12(13-5-3-2-4-6-13)20-18(22)11-28-19(23)14-9-16-17(27-8-7-26-16)10-15(14)21(24)25/h2-6,9-10,12H,7-8,11H2,1H3,(H,20,22)/t12-/m1/s1. The minimum atomic E-state index is -0.994. The average Bonchev–Trinajstić information content (AvgIpc) is 2.71. The summed E-state index contributed by atoms with van der Waals surface area (Å²) in [6.45, 7) is 1.75. The summed E-state index contributed by atoms with van der Waals surface area (Å²) in [4.78, 5) is 34.9. The number of ether oxygens (including phenoxy) is 3. The Hall–Kier alpha value is -3.62. The molecule has 0 saturated heterocycles. The van der Waals surface area contributed by atoms with E-state index in [-0.39, 0.29) is 36.3 Å². The maximum atomic E-state index is 12.3. The molecule has 0 radical (unpaired) electrons. The number of nitro benzene ring substituents is 1. The third-order valence-corrected chi connectivity index (χ3v) is 4.09. The molecule has 1 atom stereocenters. The molecule has 1 aliphatic rings. The number of nitrogens with one attached hydrogen (secondary N) is 1. The van der Waals surface area contributed by atoms with Crippen LogP contribution >= 0.6 is 0 Å². The van der Waals surface area contributed by atoms with Crippen LogP contribution in [-0.2, 0) is 9.53 Å². The molecule has 0 saturated carbocycles. The van der Waals surface area contributed by atoms with Crippen molar-refractivity contribution in [1.29, 1.82) is 0 Å². The number of nitrogens with zero attached hydrogens (tertiary/aromatic N) is 1. The highest BCUT2D eigenvalue weighted by molar-refractivity contribution is 5.96. The van der Waals surface area contributed by atoms with Crippen LogP contribution in [0.25, 0.3) is 0 Å². The number of rotatable bonds is 6. The van der Waals surface area contributed by atoms with Crippen LogP contribution in [0.15, 0.2) is 42.5 Å². The van der Waals surface area contributed by atoms with E-state index in [2.05, 4.69) is 5.32 Å². The Morgan fingerprint density at radius 1 is 1.18 bits per heavy atom. The first-order valence-electron chi connectivity index (χ1n) is 8.55. The van der Waals surface area contributed by atoms with E-state index in [0.29, 0.717) is 0 Å². The molecule has 1 heterocycles. The smallest absolute Gasteiger partial charge is 0.345 e. The normalized spacial score (nSPS) is 13.3. The molecule has 1 aliphatic heterocycles. The molecule has 146 valence electrons. The summed E-state index contributed by atoms with van der Waals surface area (Å²) in [7, 11) is 0. The Bertz CT molecular complexity index is 899. The lowest BCUT2D eigenvalue weighted by Gasteiger charge is -2.18. The Morgan fingerprint density at radius 2 is 1.82 bits per heavy atom. The molecule has 1 amide bonds. The van der Waals surface area contributed by atoms with Crippen molar-refractivity contribution < 1.29 is 28.7 Å². The fourth-order valence-corrected chi connectivity index (χ4v) is 2.71. The SMILES string of the molecule is C[C@@H](NC(=O)COC(=O)c1cc2c(cc1[N+](=O)[O-])OCCO2)c1ccccc1. The maximum Gasteiger partial charge on any atom is 0.345 e. The second kappa shape index (κ2) is 8.38. The summed E-state index contributed by atoms with van der Waals surface area (Å²) < 4.78 is 15.6. The Balaban J connectivity index is 1.66. The first-order chi connectivity index (χ1) is 13.5. The van der Waals surface area contributed by atoms with E-state index in [9.17, 15) is 19.7 Å². The molecule has 1 N–H and O–H groups in total. The number of nitro groups is 1. The molecule has 0 unspecified atom stereocenters. The summed E-state index contributed by atoms with van der Waals surface area (Å²) >= 11 is 0. The van der Waals surface area contributed by atoms with Gasteiger partial charge in [-0.1, -0.05) is 30.3 Å². The van der Waals surface area contributed by atoms with Crippen molar-refractivity contribution in [3.63, 3.8) is 0 Å². The van der Waals surface area contributed by atoms with E-state index in [4.69, 9.17) is 14.2 Å². The Morgan fingerprint density at radius 3 is 2.46 bits per heavy atom. The zero-order valence-electron chi connectivity index (χ0n) is 15.0. The Kier molecular flexibility index (Phi) is 5.73. The maximum absolute atomic E-state index is 12.3. The molecule has 3 rings (SSSR count). The summed E-state index contributed by atoms with van der Waals surface area (Å²) in [6, 6.07) is 11.3. The van der Waals surface area contributed by atoms with Gasteiger partial charge >= 0.3 is 5.97 Å². The second-order valence-electron chi connectivity index (χ2n) is 6.05. The molecule has 2 aromatic carbocycles. The molecular formula is C19H18N2O7. The molecule has 0 aliphatic carbocycles. The molecule has 0 aromatic heterocycles. The van der Waals surface area contributed by atoms with Crippen LogP contribution in [0.5, 0.6) is 11.5 Å². The van der Waals surface area contributed by atoms with Crippen LogP contribution in [0.3, 0.4) is 0 Å². The van der Waals surface area contributed by atoms with Gasteiger partial charge in [-0.05, 0) is 12.5 Å². The van der Waals surface area contributed by atoms with Gasteiger partial charge < -0.3 is 19.5 Å². The van der Waals surface area contributed by atoms with Gasteiger partial charge in [0.15, 0.2) is 18.1 Å². The van der Waals surface area contributed by atoms with Crippen LogP contribution in [0.4, 0.5) is 5.69 Å². The first-order valence-corrected chi connectivity index (χ1v) is 8.55. The van der Waals surface area contributed by atoms with Gasteiger partial charge in [0.2, 0.25) is 0 Å². The van der Waals surface area contributed by atoms with E-state index in [1.807, 2.05) is 30.3 Å². The fraction of sp³-hybridized carbons (Fsp3) is 0.263. The highest BCUT2D eigenvalue weighted by Gasteiger charge is 2.27. The van der Waals surface area contributed by atoms with Crippen molar-refractivity contribution in [3.8, 4) is 11.5 Å². The molecule has 0 fully saturated rings. The zero-order valence-corrected chi connectivity index (χ0v) is 15.0. The number of hydrogen-bond donors (Lipinski definition) is 1. The highest BCUT2D eigenvalue weighted by atomic mass is 16.6. The molecule has 0 spiro atoms. The molecule has 9 nitrogen and oxygen atoms in total. The third kappa shape index (κ3) is 4.37. The van der Waals surface area contributed by atoms with E-state index < -0.39 is 29.1 Å². The van der Waals surface area contributed by atoms with E-state index in [1.165, 1.54) is 6.07 Å². The van der Waals surface area contributed by atoms with Gasteiger partial charge in [-0.25, -0.2) is 4.79 Å². The zero-order chi connectivity index (χ0) is 20.1. The number of benzene rings is 2. The number of esters is 1. The lowest BCUT2D eigenvalue weighted by atomic mass is 10.1. The summed E-state index contributed by atoms with van der Waals surface area (Å²) in [5, 5.41) is 14.0. The number of amides is 1. The number of hydrogen-bond acceptors (Lipinski definition) is 7. The van der Waals surface area contributed by atoms with Gasteiger partial charge in [-0.3, -0.25) is 14.9 Å². The summed E-state index contributed by atoms with van der Waals surface area (Å²) in [6.07, 6.45) is 0. The van der Waals surface area contributed by atoms with Crippen molar-refractivity contribution in [2.45, 2.75) is 13.0 Å². The van der Waals surface area contributed by atoms with Gasteiger partial charge in [-0.2, -0.15) is 0 Å². The van der Waals surface area contributed by atoms with Gasteiger partial charge in [0.1, 0.15) is 18.8 Å². The van der Waals surface area contributed by atoms with Gasteiger partial charge in [0, 0.05) is 6.07 Å². The second-order valence-corrected chi connectivity index (χ2v) is 6.05. The third-order valence-electron chi connectivity index (χ3n) is 4.09. The minimum Gasteiger partial charge on any atom is -0.486 e. The number of fused-ring (bicyclic) bond motifs is 1. The van der Waals surface area contributed by atoms with Gasteiger partial charge in [0.25, 0.3) is 11.6 Å². The molecule has 9 heteroatoms. The highest BCUT2D eigenvalue weighted by Crippen LogP contribution is 2.36. The van der Waals surface area contributed by atoms with E-state index >= 15 is 0 Å². The van der Waals surface area contributed by atoms with Crippen molar-refractivity contribution in [2.75, 3.05) is 19.8 Å². The summed E-state index contributed by atoms with van der Waals surface area (Å²) in [5.41, 5.74) is 0.107. The van der Waals surface area contributed by atoms with Crippen molar-refractivity contribution >= 4 is 17.6 Å². The Labute approximate surface area is 160 Å². The van der Waals surface area contributed by atoms with Gasteiger partial charge in [-0.15, -0.1) is 0 Å². The molecule has 2 aromatic rings. The first kappa shape index (κ1) is 19.2. The quantitative estimate of drug-likeness (QED) is 0.460. The fourth-order valence-electron chi connectivity index (χ4n) is 2.71. The van der Waals surface area contributed by atoms with E-state index in [1.54, 1.807) is 6.92 Å². The predicted molar refractivity (Wildman–Crippen MR) is 97.4 cm³/mol. The molecule has 28 heavy (non-hydrogen) atoms. The van der Waals surface area contributed by atoms with Crippen LogP contribution < -0.4 is 14.8 Å². The van der Waals surface area contributed by atoms with Gasteiger partial charge in [0.05, 0.1) is 17.0 Å². The number of carbonyl (C=O) groups is 2. The van der Waals surface area contributed by atoms with E-state index in [0.717, 1.165) is 11.6 Å². The monoisotopic (exact) mass is 386 g/mol. The molecular weight excluding hydrogens is 368 g/mol. The average molecular weight is 386 g/mol. The topological polar surface area (TPSA) is 117 Å². The van der Waals surface area contributed by atoms with Crippen LogP contribution in [-0.4, -0.2) is 36.6 Å². The van der Waals surface area contributed by atoms with Crippen molar-refractivity contribution in [1.82, 2.24) is 5.32 Å². The van der Waals surface area contributed by atoms with Crippen LogP contribution in [0.1, 0.15) is 28.9 Å². The van der Waals surface area contributed by atoms with Crippen LogP contribution in [0.2, 0.25) is 0 Å².